The summed E-state index contributed by atoms with van der Waals surface area (Å²) in [5, 5.41) is 0. The van der Waals surface area contributed by atoms with Gasteiger partial charge in [-0.15, -0.1) is 0 Å². The molecule has 2 aliphatic carbocycles. The predicted octanol–water partition coefficient (Wildman–Crippen LogP) is 8.72. The van der Waals surface area contributed by atoms with Gasteiger partial charge < -0.3 is 0 Å². The lowest BCUT2D eigenvalue weighted by Crippen LogP contribution is -2.36. The maximum atomic E-state index is 2.41. The van der Waals surface area contributed by atoms with E-state index >= 15 is 0 Å². The molecule has 5 aromatic carbocycles. The van der Waals surface area contributed by atoms with Crippen molar-refractivity contribution in [3.05, 3.63) is 164 Å². The second-order valence-electron chi connectivity index (χ2n) is 10.9. The number of benzene rings is 5. The minimum atomic E-state index is -0.293. The van der Waals surface area contributed by atoms with Crippen LogP contribution in [-0.2, 0) is 24.7 Å². The van der Waals surface area contributed by atoms with E-state index < -0.39 is 0 Å². The van der Waals surface area contributed by atoms with Gasteiger partial charge in [0.05, 0.1) is 5.41 Å². The van der Waals surface area contributed by atoms with Gasteiger partial charge in [-0.05, 0) is 94.3 Å². The normalized spacial score (nSPS) is 14.1. The first-order valence-electron chi connectivity index (χ1n) is 13.6. The molecule has 1 spiro atoms. The lowest BCUT2D eigenvalue weighted by atomic mass is 9.60. The van der Waals surface area contributed by atoms with Crippen LogP contribution in [0, 0.1) is 13.8 Å². The molecule has 2 aliphatic rings. The smallest absolute Gasteiger partial charge is 0.0620 e. The average Bonchev–Trinajstić information content (AvgIpc) is 3.20. The van der Waals surface area contributed by atoms with Gasteiger partial charge in [-0.1, -0.05) is 121 Å². The SMILES string of the molecule is CCc1cccc2c1C1(c3ccccc3Cc3ccccc31)c1c(Cc3cc(C)cc(C)c3)cccc1-2. The standard InChI is InChI=1S/C37H32/c1-4-27-13-9-15-31-32-16-10-14-30(22-26-20-24(2)19-25(3)21-26)36(32)37(35(27)31)33-17-7-5-11-28(33)23-29-12-6-8-18-34(29)37/h5-21H,4,22-23H2,1-3H3. The monoisotopic (exact) mass is 476 g/mol. The van der Waals surface area contributed by atoms with E-state index in [1.54, 1.807) is 0 Å². The van der Waals surface area contributed by atoms with Crippen molar-refractivity contribution in [3.63, 3.8) is 0 Å². The van der Waals surface area contributed by atoms with Crippen LogP contribution in [0.2, 0.25) is 0 Å². The number of fused-ring (bicyclic) bond motifs is 9. The third kappa shape index (κ3) is 3.15. The van der Waals surface area contributed by atoms with Crippen molar-refractivity contribution in [3.8, 4) is 11.1 Å². The summed E-state index contributed by atoms with van der Waals surface area (Å²) in [6.45, 7) is 6.73. The van der Waals surface area contributed by atoms with Crippen LogP contribution in [-0.4, -0.2) is 0 Å². The summed E-state index contributed by atoms with van der Waals surface area (Å²) >= 11 is 0. The highest BCUT2D eigenvalue weighted by atomic mass is 14.5. The number of rotatable bonds is 3. The Morgan fingerprint density at radius 1 is 0.595 bits per heavy atom. The van der Waals surface area contributed by atoms with Crippen LogP contribution < -0.4 is 0 Å². The molecule has 0 bridgehead atoms. The fourth-order valence-corrected chi connectivity index (χ4v) is 7.46. The van der Waals surface area contributed by atoms with E-state index in [-0.39, 0.29) is 5.41 Å². The summed E-state index contributed by atoms with van der Waals surface area (Å²) in [5.74, 6) is 0. The molecule has 0 saturated heterocycles. The second kappa shape index (κ2) is 8.32. The van der Waals surface area contributed by atoms with Crippen molar-refractivity contribution in [2.75, 3.05) is 0 Å². The first kappa shape index (κ1) is 22.3. The van der Waals surface area contributed by atoms with Crippen LogP contribution in [0.1, 0.15) is 68.1 Å². The van der Waals surface area contributed by atoms with Crippen LogP contribution >= 0.6 is 0 Å². The van der Waals surface area contributed by atoms with E-state index in [0.717, 1.165) is 19.3 Å². The molecule has 0 heterocycles. The lowest BCUT2D eigenvalue weighted by Gasteiger charge is -2.42. The van der Waals surface area contributed by atoms with Crippen molar-refractivity contribution in [1.82, 2.24) is 0 Å². The summed E-state index contributed by atoms with van der Waals surface area (Å²) in [4.78, 5) is 0. The molecule has 0 nitrogen and oxygen atoms in total. The first-order chi connectivity index (χ1) is 18.1. The van der Waals surface area contributed by atoms with Crippen LogP contribution in [0.5, 0.6) is 0 Å². The molecule has 0 unspecified atom stereocenters. The molecule has 0 fully saturated rings. The summed E-state index contributed by atoms with van der Waals surface area (Å²) in [6, 6.07) is 39.4. The van der Waals surface area contributed by atoms with Gasteiger partial charge in [0.2, 0.25) is 0 Å². The Bertz CT molecular complexity index is 1620. The summed E-state index contributed by atoms with van der Waals surface area (Å²) < 4.78 is 0. The predicted molar refractivity (Wildman–Crippen MR) is 155 cm³/mol. The van der Waals surface area contributed by atoms with E-state index in [4.69, 9.17) is 0 Å². The highest BCUT2D eigenvalue weighted by Crippen LogP contribution is 2.61. The highest BCUT2D eigenvalue weighted by Gasteiger charge is 2.51. The molecule has 0 amide bonds. The Morgan fingerprint density at radius 2 is 1.14 bits per heavy atom. The third-order valence-electron chi connectivity index (χ3n) is 8.62. The molecule has 0 atom stereocenters. The van der Waals surface area contributed by atoms with Crippen molar-refractivity contribution in [1.29, 1.82) is 0 Å². The Balaban J connectivity index is 1.63. The Hall–Kier alpha value is -3.90. The quantitative estimate of drug-likeness (QED) is 0.239. The van der Waals surface area contributed by atoms with Crippen LogP contribution in [0.3, 0.4) is 0 Å². The van der Waals surface area contributed by atoms with E-state index in [9.17, 15) is 0 Å². The van der Waals surface area contributed by atoms with E-state index in [1.165, 1.54) is 72.3 Å². The zero-order chi connectivity index (χ0) is 25.1. The zero-order valence-corrected chi connectivity index (χ0v) is 21.9. The number of hydrogen-bond donors (Lipinski definition) is 0. The fourth-order valence-electron chi connectivity index (χ4n) is 7.46. The molecular weight excluding hydrogens is 444 g/mol. The lowest BCUT2D eigenvalue weighted by molar-refractivity contribution is 0.705. The van der Waals surface area contributed by atoms with Crippen molar-refractivity contribution in [2.45, 2.75) is 45.4 Å². The second-order valence-corrected chi connectivity index (χ2v) is 10.9. The largest absolute Gasteiger partial charge is 0.0724 e. The van der Waals surface area contributed by atoms with Crippen LogP contribution in [0.15, 0.2) is 103 Å². The molecule has 7 rings (SSSR count). The minimum absolute atomic E-state index is 0.293. The summed E-state index contributed by atoms with van der Waals surface area (Å²) in [7, 11) is 0. The van der Waals surface area contributed by atoms with Crippen molar-refractivity contribution >= 4 is 0 Å². The Kier molecular flexibility index (Phi) is 5.01. The molecule has 0 aliphatic heterocycles. The Labute approximate surface area is 220 Å². The number of hydrogen-bond acceptors (Lipinski definition) is 0. The molecule has 5 aromatic rings. The van der Waals surface area contributed by atoms with Gasteiger partial charge in [-0.3, -0.25) is 0 Å². The molecule has 0 saturated carbocycles. The maximum Gasteiger partial charge on any atom is 0.0724 e. The van der Waals surface area contributed by atoms with Gasteiger partial charge >= 0.3 is 0 Å². The molecule has 0 radical (unpaired) electrons. The highest BCUT2D eigenvalue weighted by molar-refractivity contribution is 5.90. The molecule has 0 aromatic heterocycles. The van der Waals surface area contributed by atoms with Crippen LogP contribution in [0.4, 0.5) is 0 Å². The molecule has 37 heavy (non-hydrogen) atoms. The Morgan fingerprint density at radius 3 is 1.73 bits per heavy atom. The summed E-state index contributed by atoms with van der Waals surface area (Å²) in [5.41, 5.74) is 18.3. The van der Waals surface area contributed by atoms with Gasteiger partial charge in [0.1, 0.15) is 0 Å². The van der Waals surface area contributed by atoms with Gasteiger partial charge in [-0.25, -0.2) is 0 Å². The molecule has 0 heteroatoms. The third-order valence-corrected chi connectivity index (χ3v) is 8.62. The average molecular weight is 477 g/mol. The molecular formula is C37H32. The van der Waals surface area contributed by atoms with Crippen molar-refractivity contribution in [2.24, 2.45) is 0 Å². The van der Waals surface area contributed by atoms with Crippen molar-refractivity contribution < 1.29 is 0 Å². The minimum Gasteiger partial charge on any atom is -0.0620 e. The first-order valence-corrected chi connectivity index (χ1v) is 13.6. The molecule has 0 N–H and O–H groups in total. The maximum absolute atomic E-state index is 2.41. The van der Waals surface area contributed by atoms with Gasteiger partial charge in [0.15, 0.2) is 0 Å². The molecule has 180 valence electrons. The van der Waals surface area contributed by atoms with Gasteiger partial charge in [0, 0.05) is 0 Å². The fraction of sp³-hybridized carbons (Fsp3) is 0.189. The van der Waals surface area contributed by atoms with E-state index in [2.05, 4.69) is 124 Å². The topological polar surface area (TPSA) is 0 Å². The van der Waals surface area contributed by atoms with Crippen LogP contribution in [0.25, 0.3) is 11.1 Å². The van der Waals surface area contributed by atoms with E-state index in [0.29, 0.717) is 0 Å². The zero-order valence-electron chi connectivity index (χ0n) is 21.9. The summed E-state index contributed by atoms with van der Waals surface area (Å²) in [6.07, 6.45) is 2.95. The van der Waals surface area contributed by atoms with Gasteiger partial charge in [0.25, 0.3) is 0 Å². The van der Waals surface area contributed by atoms with E-state index in [1.807, 2.05) is 0 Å². The van der Waals surface area contributed by atoms with Gasteiger partial charge in [-0.2, -0.15) is 0 Å². The number of aryl methyl sites for hydroxylation is 3.